The lowest BCUT2D eigenvalue weighted by atomic mass is 10.2. The summed E-state index contributed by atoms with van der Waals surface area (Å²) >= 11 is 0. The highest BCUT2D eigenvalue weighted by atomic mass is 17.0. The van der Waals surface area contributed by atoms with Gasteiger partial charge in [0.15, 0.2) is 0 Å². The quantitative estimate of drug-likeness (QED) is 0.0516. The van der Waals surface area contributed by atoms with E-state index in [9.17, 15) is 0 Å². The minimum Gasteiger partial charge on any atom is -0.357 e. The second-order valence-corrected chi connectivity index (χ2v) is 19.5. The highest BCUT2D eigenvalue weighted by Gasteiger charge is 2.36. The molecule has 384 valence electrons. The summed E-state index contributed by atoms with van der Waals surface area (Å²) in [7, 11) is 0. The number of nitrogens with zero attached hydrogens (tertiary/aromatic N) is 8. The average Bonchev–Trinajstić information content (AvgIpc) is 3.32. The number of nitrogens with two attached hydrogens (primary N) is 3. The van der Waals surface area contributed by atoms with E-state index in [1.165, 1.54) is 104 Å². The van der Waals surface area contributed by atoms with E-state index < -0.39 is 6.16 Å². The second kappa shape index (κ2) is 37.2. The van der Waals surface area contributed by atoms with Crippen LogP contribution < -0.4 is 22.9 Å². The molecule has 0 saturated carbocycles. The maximum atomic E-state index is 6.62. The number of unbranched alkanes of at least 4 members (excludes halogenated alkanes) is 12. The molecule has 16 heteroatoms. The Morgan fingerprint density at radius 3 is 0.692 bits per heavy atom. The number of ether oxygens (including phenoxy) is 4. The van der Waals surface area contributed by atoms with Gasteiger partial charge in [0.2, 0.25) is 0 Å². The molecule has 16 nitrogen and oxygen atoms in total. The molecule has 4 aliphatic rings. The smallest absolute Gasteiger partial charge is 0.357 e. The van der Waals surface area contributed by atoms with Crippen LogP contribution in [0.5, 0.6) is 0 Å². The zero-order valence-corrected chi connectivity index (χ0v) is 42.1. The Labute approximate surface area is 398 Å². The van der Waals surface area contributed by atoms with Crippen LogP contribution in [0.2, 0.25) is 0 Å². The SMILES string of the molecule is NCCN1CCN(CCCCCCOC(OCCCCCCN2CCN(CCN)CC2)(OCCCCCCN2CCN(CCN)CC2)OCCCCCCN2CCN(CC[NH3+])CC2)CC1. The summed E-state index contributed by atoms with van der Waals surface area (Å²) in [6.45, 7) is 33.1. The first-order chi connectivity index (χ1) is 32.0. The lowest BCUT2D eigenvalue weighted by Crippen LogP contribution is -2.57. The molecule has 4 fully saturated rings. The molecule has 0 aromatic carbocycles. The number of hydrogen-bond acceptors (Lipinski definition) is 15. The van der Waals surface area contributed by atoms with Crippen LogP contribution in [0.15, 0.2) is 0 Å². The third kappa shape index (κ3) is 26.2. The van der Waals surface area contributed by atoms with Crippen molar-refractivity contribution in [2.24, 2.45) is 17.2 Å². The number of quaternary nitrogens is 1. The zero-order valence-electron chi connectivity index (χ0n) is 42.1. The van der Waals surface area contributed by atoms with Crippen molar-refractivity contribution in [3.63, 3.8) is 0 Å². The van der Waals surface area contributed by atoms with Crippen molar-refractivity contribution in [2.75, 3.05) is 210 Å². The molecule has 65 heavy (non-hydrogen) atoms. The number of hydrogen-bond donors (Lipinski definition) is 4. The summed E-state index contributed by atoms with van der Waals surface area (Å²) in [6.07, 6.45) is 16.8. The van der Waals surface area contributed by atoms with E-state index >= 15 is 0 Å². The Hall–Kier alpha value is -0.640. The van der Waals surface area contributed by atoms with Crippen LogP contribution >= 0.6 is 0 Å². The van der Waals surface area contributed by atoms with Gasteiger partial charge in [-0.15, -0.1) is 0 Å². The van der Waals surface area contributed by atoms with E-state index in [0.29, 0.717) is 26.4 Å². The molecule has 9 N–H and O–H groups in total. The van der Waals surface area contributed by atoms with Crippen LogP contribution in [0.25, 0.3) is 0 Å². The maximum absolute atomic E-state index is 6.62. The van der Waals surface area contributed by atoms with Gasteiger partial charge in [-0.05, 0) is 77.5 Å². The van der Waals surface area contributed by atoms with Crippen LogP contribution in [0.3, 0.4) is 0 Å². The van der Waals surface area contributed by atoms with Crippen molar-refractivity contribution >= 4 is 0 Å². The van der Waals surface area contributed by atoms with Crippen molar-refractivity contribution < 1.29 is 24.7 Å². The van der Waals surface area contributed by atoms with Gasteiger partial charge >= 0.3 is 6.16 Å². The summed E-state index contributed by atoms with van der Waals surface area (Å²) in [6, 6.07) is 0. The monoisotopic (exact) mass is 926 g/mol. The van der Waals surface area contributed by atoms with Gasteiger partial charge in [-0.1, -0.05) is 51.4 Å². The highest BCUT2D eigenvalue weighted by molar-refractivity contribution is 4.75. The zero-order chi connectivity index (χ0) is 45.9. The molecular weight excluding hydrogens is 821 g/mol. The van der Waals surface area contributed by atoms with Gasteiger partial charge in [0.25, 0.3) is 0 Å². The van der Waals surface area contributed by atoms with Crippen LogP contribution in [-0.2, 0) is 18.9 Å². The molecule has 4 saturated heterocycles. The van der Waals surface area contributed by atoms with E-state index in [0.717, 1.165) is 182 Å². The van der Waals surface area contributed by atoms with E-state index in [1.807, 2.05) is 0 Å². The van der Waals surface area contributed by atoms with Gasteiger partial charge < -0.3 is 61.5 Å². The first kappa shape index (κ1) is 56.9. The Morgan fingerprint density at radius 1 is 0.277 bits per heavy atom. The standard InChI is InChI=1S/C49H104N12O4/c50-17-25-58-37-29-54(30-38-58)21-9-1-5-13-45-62-49(63-46-14-6-2-10-22-55-31-39-59(26-18-51)40-32-55,64-47-15-7-3-11-23-56-33-41-60(27-19-52)42-34-56)65-48-16-8-4-12-24-57-35-43-61(28-20-53)44-36-57/h1-48,50-53H2/p+1. The van der Waals surface area contributed by atoms with Gasteiger partial charge in [-0.3, -0.25) is 19.6 Å². The van der Waals surface area contributed by atoms with Crippen molar-refractivity contribution in [3.05, 3.63) is 0 Å². The number of piperazine rings is 4. The Morgan fingerprint density at radius 2 is 0.477 bits per heavy atom. The highest BCUT2D eigenvalue weighted by Crippen LogP contribution is 2.23. The minimum absolute atomic E-state index is 0.580. The molecule has 0 aromatic rings. The predicted molar refractivity (Wildman–Crippen MR) is 267 cm³/mol. The third-order valence-corrected chi connectivity index (χ3v) is 14.3. The van der Waals surface area contributed by atoms with Gasteiger partial charge in [0.05, 0.1) is 33.0 Å². The van der Waals surface area contributed by atoms with E-state index in [1.54, 1.807) is 0 Å². The third-order valence-electron chi connectivity index (χ3n) is 14.3. The molecule has 4 heterocycles. The van der Waals surface area contributed by atoms with Crippen LogP contribution in [-0.4, -0.2) is 255 Å². The molecule has 0 spiro atoms. The lowest BCUT2D eigenvalue weighted by Gasteiger charge is -2.34. The Bertz CT molecular complexity index is 908. The van der Waals surface area contributed by atoms with Crippen LogP contribution in [0.4, 0.5) is 0 Å². The molecule has 0 aliphatic carbocycles. The Balaban J connectivity index is 1.21. The fourth-order valence-corrected chi connectivity index (χ4v) is 9.92. The summed E-state index contributed by atoms with van der Waals surface area (Å²) in [4.78, 5) is 20.5. The largest absolute Gasteiger partial charge is 0.412 e. The van der Waals surface area contributed by atoms with E-state index in [4.69, 9.17) is 36.1 Å². The lowest BCUT2D eigenvalue weighted by molar-refractivity contribution is -0.499. The molecule has 0 atom stereocenters. The van der Waals surface area contributed by atoms with Crippen molar-refractivity contribution in [3.8, 4) is 0 Å². The normalized spacial score (nSPS) is 20.1. The minimum atomic E-state index is -1.43. The Kier molecular flexibility index (Phi) is 32.6. The van der Waals surface area contributed by atoms with Gasteiger partial charge in [0, 0.05) is 151 Å². The van der Waals surface area contributed by atoms with E-state index in [2.05, 4.69) is 44.9 Å². The van der Waals surface area contributed by atoms with Crippen molar-refractivity contribution in [1.82, 2.24) is 39.2 Å². The molecule has 0 amide bonds. The van der Waals surface area contributed by atoms with Gasteiger partial charge in [-0.25, -0.2) is 0 Å². The predicted octanol–water partition coefficient (Wildman–Crippen LogP) is 1.49. The van der Waals surface area contributed by atoms with Crippen molar-refractivity contribution in [2.45, 2.75) is 109 Å². The fraction of sp³-hybridized carbons (Fsp3) is 1.00. The van der Waals surface area contributed by atoms with E-state index in [-0.39, 0.29) is 0 Å². The molecule has 0 aromatic heterocycles. The van der Waals surface area contributed by atoms with Gasteiger partial charge in [0.1, 0.15) is 0 Å². The topological polar surface area (TPSA) is 169 Å². The molecular formula is C49H105N12O4+. The summed E-state index contributed by atoms with van der Waals surface area (Å²) in [5.41, 5.74) is 21.4. The first-order valence-electron chi connectivity index (χ1n) is 27.3. The molecule has 4 rings (SSSR count). The average molecular weight is 926 g/mol. The van der Waals surface area contributed by atoms with Gasteiger partial charge in [-0.2, -0.15) is 0 Å². The molecule has 4 aliphatic heterocycles. The first-order valence-corrected chi connectivity index (χ1v) is 27.3. The molecule has 0 unspecified atom stereocenters. The fourth-order valence-electron chi connectivity index (χ4n) is 9.92. The summed E-state index contributed by atoms with van der Waals surface area (Å²) in [5.74, 6) is 0. The number of rotatable bonds is 40. The molecule has 0 radical (unpaired) electrons. The maximum Gasteiger partial charge on any atom is 0.412 e. The van der Waals surface area contributed by atoms with Crippen LogP contribution in [0, 0.1) is 0 Å². The molecule has 0 bridgehead atoms. The summed E-state index contributed by atoms with van der Waals surface area (Å²) < 4.78 is 26.5. The van der Waals surface area contributed by atoms with Crippen molar-refractivity contribution in [1.29, 1.82) is 0 Å². The van der Waals surface area contributed by atoms with Crippen LogP contribution in [0.1, 0.15) is 103 Å². The summed E-state index contributed by atoms with van der Waals surface area (Å²) in [5, 5.41) is 0. The second-order valence-electron chi connectivity index (χ2n) is 19.5.